The Bertz CT molecular complexity index is 575. The highest BCUT2D eigenvalue weighted by Gasteiger charge is 2.11. The lowest BCUT2D eigenvalue weighted by atomic mass is 10.3. The van der Waals surface area contributed by atoms with Crippen LogP contribution in [-0.2, 0) is 11.3 Å². The zero-order valence-corrected chi connectivity index (χ0v) is 11.8. The third kappa shape index (κ3) is 3.87. The number of H-pyrrole nitrogens is 1. The molecule has 8 heteroatoms. The van der Waals surface area contributed by atoms with Crippen molar-refractivity contribution in [2.45, 2.75) is 33.2 Å². The molecule has 0 radical (unpaired) electrons. The van der Waals surface area contributed by atoms with Gasteiger partial charge in [0.2, 0.25) is 5.91 Å². The van der Waals surface area contributed by atoms with Crippen LogP contribution in [0, 0.1) is 0 Å². The van der Waals surface area contributed by atoms with Crippen LogP contribution < -0.4 is 27.6 Å². The summed E-state index contributed by atoms with van der Waals surface area (Å²) >= 11 is 0. The van der Waals surface area contributed by atoms with Crippen molar-refractivity contribution in [2.75, 3.05) is 24.1 Å². The molecule has 1 amide bonds. The lowest BCUT2D eigenvalue weighted by Gasteiger charge is -2.13. The van der Waals surface area contributed by atoms with Crippen LogP contribution >= 0.6 is 0 Å². The zero-order chi connectivity index (χ0) is 15.1. The van der Waals surface area contributed by atoms with Crippen molar-refractivity contribution in [3.63, 3.8) is 0 Å². The Kier molecular flexibility index (Phi) is 5.82. The lowest BCUT2D eigenvalue weighted by Crippen LogP contribution is -2.34. The highest BCUT2D eigenvalue weighted by Crippen LogP contribution is 2.10. The van der Waals surface area contributed by atoms with E-state index in [1.165, 1.54) is 4.57 Å². The van der Waals surface area contributed by atoms with Crippen LogP contribution in [0.5, 0.6) is 0 Å². The number of nitrogens with one attached hydrogen (secondary N) is 3. The van der Waals surface area contributed by atoms with Gasteiger partial charge in [-0.2, -0.15) is 0 Å². The van der Waals surface area contributed by atoms with Crippen LogP contribution in [-0.4, -0.2) is 28.5 Å². The maximum atomic E-state index is 11.7. The number of aromatic nitrogens is 2. The quantitative estimate of drug-likeness (QED) is 0.535. The molecule has 1 aromatic heterocycles. The Balaban J connectivity index is 2.85. The summed E-state index contributed by atoms with van der Waals surface area (Å²) < 4.78 is 1.30. The largest absolute Gasteiger partial charge is 0.383 e. The summed E-state index contributed by atoms with van der Waals surface area (Å²) in [4.78, 5) is 36.8. The molecular weight excluding hydrogens is 262 g/mol. The second kappa shape index (κ2) is 7.37. The molecule has 0 atom stereocenters. The number of anilines is 2. The van der Waals surface area contributed by atoms with Crippen molar-refractivity contribution in [2.24, 2.45) is 0 Å². The predicted molar refractivity (Wildman–Crippen MR) is 77.8 cm³/mol. The number of nitrogens with zero attached hydrogens (tertiary/aromatic N) is 1. The molecule has 112 valence electrons. The SMILES string of the molecule is CCCn1c(N)c(NCCC(=O)NCC)c(=O)[nH]c1=O. The molecule has 0 aliphatic carbocycles. The van der Waals surface area contributed by atoms with Crippen molar-refractivity contribution < 1.29 is 4.79 Å². The van der Waals surface area contributed by atoms with E-state index in [0.717, 1.165) is 0 Å². The fraction of sp³-hybridized carbons (Fsp3) is 0.583. The number of nitrogens with two attached hydrogens (primary N) is 1. The fourth-order valence-corrected chi connectivity index (χ4v) is 1.79. The first-order valence-corrected chi connectivity index (χ1v) is 6.64. The van der Waals surface area contributed by atoms with Gasteiger partial charge in [0.25, 0.3) is 5.56 Å². The van der Waals surface area contributed by atoms with Gasteiger partial charge in [-0.15, -0.1) is 0 Å². The minimum absolute atomic E-state index is 0.0940. The van der Waals surface area contributed by atoms with Gasteiger partial charge >= 0.3 is 5.69 Å². The maximum Gasteiger partial charge on any atom is 0.330 e. The molecule has 0 spiro atoms. The molecule has 0 aliphatic heterocycles. The molecule has 0 saturated heterocycles. The summed E-state index contributed by atoms with van der Waals surface area (Å²) in [5, 5.41) is 5.46. The van der Waals surface area contributed by atoms with Gasteiger partial charge in [-0.3, -0.25) is 19.1 Å². The normalized spacial score (nSPS) is 10.3. The second-order valence-electron chi connectivity index (χ2n) is 4.30. The van der Waals surface area contributed by atoms with E-state index in [1.807, 2.05) is 13.8 Å². The predicted octanol–water partition coefficient (Wildman–Crippen LogP) is -0.533. The standard InChI is InChI=1S/C12H21N5O3/c1-3-7-17-10(13)9(11(19)16-12(17)20)15-6-5-8(18)14-4-2/h15H,3-7,13H2,1-2H3,(H,14,18)(H,16,19,20). The molecule has 0 bridgehead atoms. The van der Waals surface area contributed by atoms with Gasteiger partial charge in [-0.25, -0.2) is 4.79 Å². The summed E-state index contributed by atoms with van der Waals surface area (Å²) in [5.41, 5.74) is 4.86. The molecule has 8 nitrogen and oxygen atoms in total. The fourth-order valence-electron chi connectivity index (χ4n) is 1.79. The molecule has 0 fully saturated rings. The molecule has 0 unspecified atom stereocenters. The van der Waals surface area contributed by atoms with Crippen molar-refractivity contribution >= 4 is 17.4 Å². The second-order valence-corrected chi connectivity index (χ2v) is 4.30. The van der Waals surface area contributed by atoms with Gasteiger partial charge in [-0.1, -0.05) is 6.92 Å². The van der Waals surface area contributed by atoms with Gasteiger partial charge in [0.1, 0.15) is 11.5 Å². The lowest BCUT2D eigenvalue weighted by molar-refractivity contribution is -0.120. The Morgan fingerprint density at radius 2 is 2.05 bits per heavy atom. The van der Waals surface area contributed by atoms with Crippen molar-refractivity contribution in [1.29, 1.82) is 0 Å². The summed E-state index contributed by atoms with van der Waals surface area (Å²) in [6.07, 6.45) is 0.939. The smallest absolute Gasteiger partial charge is 0.330 e. The van der Waals surface area contributed by atoms with Crippen LogP contribution in [0.25, 0.3) is 0 Å². The number of hydrogen-bond acceptors (Lipinski definition) is 5. The van der Waals surface area contributed by atoms with Gasteiger partial charge in [0.05, 0.1) is 0 Å². The highest BCUT2D eigenvalue weighted by molar-refractivity contribution is 5.76. The van der Waals surface area contributed by atoms with Crippen molar-refractivity contribution in [3.8, 4) is 0 Å². The zero-order valence-electron chi connectivity index (χ0n) is 11.8. The Morgan fingerprint density at radius 1 is 1.35 bits per heavy atom. The van der Waals surface area contributed by atoms with Crippen LogP contribution in [0.3, 0.4) is 0 Å². The number of amides is 1. The molecule has 1 rings (SSSR count). The molecule has 5 N–H and O–H groups in total. The average molecular weight is 283 g/mol. The van der Waals surface area contributed by atoms with Gasteiger partial charge in [-0.05, 0) is 13.3 Å². The number of carbonyl (C=O) groups is 1. The highest BCUT2D eigenvalue weighted by atomic mass is 16.2. The van der Waals surface area contributed by atoms with Gasteiger partial charge in [0.15, 0.2) is 0 Å². The first kappa shape index (κ1) is 15.8. The third-order valence-electron chi connectivity index (χ3n) is 2.71. The maximum absolute atomic E-state index is 11.7. The van der Waals surface area contributed by atoms with E-state index in [0.29, 0.717) is 19.5 Å². The summed E-state index contributed by atoms with van der Waals surface area (Å²) in [6.45, 7) is 4.98. The third-order valence-corrected chi connectivity index (χ3v) is 2.71. The molecule has 0 aliphatic rings. The molecule has 1 aromatic rings. The van der Waals surface area contributed by atoms with Crippen LogP contribution in [0.15, 0.2) is 9.59 Å². The van der Waals surface area contributed by atoms with E-state index in [4.69, 9.17) is 5.73 Å². The Morgan fingerprint density at radius 3 is 2.65 bits per heavy atom. The monoisotopic (exact) mass is 283 g/mol. The van der Waals surface area contributed by atoms with E-state index < -0.39 is 11.2 Å². The number of hydrogen-bond donors (Lipinski definition) is 4. The molecule has 1 heterocycles. The number of aromatic amines is 1. The van der Waals surface area contributed by atoms with E-state index in [9.17, 15) is 14.4 Å². The first-order chi connectivity index (χ1) is 9.51. The number of rotatable bonds is 7. The summed E-state index contributed by atoms with van der Waals surface area (Å²) in [6, 6.07) is 0. The van der Waals surface area contributed by atoms with Crippen LogP contribution in [0.2, 0.25) is 0 Å². The molecule has 0 aromatic carbocycles. The van der Waals surface area contributed by atoms with Crippen molar-refractivity contribution in [3.05, 3.63) is 20.8 Å². The molecular formula is C12H21N5O3. The van der Waals surface area contributed by atoms with E-state index >= 15 is 0 Å². The summed E-state index contributed by atoms with van der Waals surface area (Å²) in [7, 11) is 0. The number of nitrogen functional groups attached to an aromatic ring is 1. The van der Waals surface area contributed by atoms with Crippen LogP contribution in [0.1, 0.15) is 26.7 Å². The average Bonchev–Trinajstić information content (AvgIpc) is 2.38. The molecule has 20 heavy (non-hydrogen) atoms. The molecule has 0 saturated carbocycles. The number of carbonyl (C=O) groups excluding carboxylic acids is 1. The van der Waals surface area contributed by atoms with Gasteiger partial charge in [0, 0.05) is 26.1 Å². The van der Waals surface area contributed by atoms with Crippen molar-refractivity contribution in [1.82, 2.24) is 14.9 Å². The van der Waals surface area contributed by atoms with Crippen LogP contribution in [0.4, 0.5) is 11.5 Å². The van der Waals surface area contributed by atoms with Gasteiger partial charge < -0.3 is 16.4 Å². The summed E-state index contributed by atoms with van der Waals surface area (Å²) in [5.74, 6) is -0.0200. The van der Waals surface area contributed by atoms with E-state index in [1.54, 1.807) is 0 Å². The first-order valence-electron chi connectivity index (χ1n) is 6.64. The Labute approximate surface area is 116 Å². The minimum Gasteiger partial charge on any atom is -0.383 e. The minimum atomic E-state index is -0.573. The van der Waals surface area contributed by atoms with E-state index in [2.05, 4.69) is 15.6 Å². The Hall–Kier alpha value is -2.25. The topological polar surface area (TPSA) is 122 Å². The van der Waals surface area contributed by atoms with E-state index in [-0.39, 0.29) is 30.4 Å².